The molecule has 0 saturated carbocycles. The van der Waals surface area contributed by atoms with Crippen molar-refractivity contribution in [3.63, 3.8) is 0 Å². The highest BCUT2D eigenvalue weighted by Gasteiger charge is 2.11. The highest BCUT2D eigenvalue weighted by molar-refractivity contribution is 5.74. The van der Waals surface area contributed by atoms with E-state index in [0.717, 1.165) is 23.5 Å². The van der Waals surface area contributed by atoms with E-state index < -0.39 is 0 Å². The first-order valence-electron chi connectivity index (χ1n) is 5.68. The third kappa shape index (κ3) is 2.13. The minimum absolute atomic E-state index is 0.805. The predicted octanol–water partition coefficient (Wildman–Crippen LogP) is 3.26. The van der Waals surface area contributed by atoms with Gasteiger partial charge in [-0.1, -0.05) is 6.92 Å². The van der Waals surface area contributed by atoms with Crippen LogP contribution in [-0.4, -0.2) is 19.2 Å². The number of hydrogen-bond donors (Lipinski definition) is 1. The van der Waals surface area contributed by atoms with Crippen molar-refractivity contribution in [2.45, 2.75) is 13.3 Å². The van der Waals surface area contributed by atoms with E-state index in [0.29, 0.717) is 0 Å². The van der Waals surface area contributed by atoms with Crippen LogP contribution in [0, 0.1) is 0 Å². The average Bonchev–Trinajstić information content (AvgIpc) is 2.85. The molecule has 0 bridgehead atoms. The summed E-state index contributed by atoms with van der Waals surface area (Å²) in [5, 5.41) is 0. The third-order valence-electron chi connectivity index (χ3n) is 2.91. The first-order valence-corrected chi connectivity index (χ1v) is 5.68. The van der Waals surface area contributed by atoms with Crippen molar-refractivity contribution in [2.24, 2.45) is 0 Å². The Morgan fingerprint density at radius 2 is 1.88 bits per heavy atom. The standard InChI is InChI=1S/C14H17NO2/c1-4-10-8-15-9-13(10)12-6-5-11(16-2)7-14(12)17-3/h5-9,15H,4H2,1-3H3. The van der Waals surface area contributed by atoms with Crippen LogP contribution in [-0.2, 0) is 6.42 Å². The fourth-order valence-corrected chi connectivity index (χ4v) is 1.96. The fourth-order valence-electron chi connectivity index (χ4n) is 1.96. The zero-order valence-corrected chi connectivity index (χ0v) is 10.4. The van der Waals surface area contributed by atoms with Crippen LogP contribution in [0.25, 0.3) is 11.1 Å². The van der Waals surface area contributed by atoms with E-state index in [9.17, 15) is 0 Å². The lowest BCUT2D eigenvalue weighted by Gasteiger charge is -2.10. The Kier molecular flexibility index (Phi) is 3.38. The molecule has 0 aliphatic heterocycles. The number of ether oxygens (including phenoxy) is 2. The molecule has 0 atom stereocenters. The SMILES string of the molecule is CCc1c[nH]cc1-c1ccc(OC)cc1OC. The van der Waals surface area contributed by atoms with Gasteiger partial charge in [0, 0.05) is 29.6 Å². The lowest BCUT2D eigenvalue weighted by Crippen LogP contribution is -1.91. The Labute approximate surface area is 101 Å². The molecule has 3 heteroatoms. The Hall–Kier alpha value is -1.90. The van der Waals surface area contributed by atoms with Gasteiger partial charge in [0.15, 0.2) is 0 Å². The Morgan fingerprint density at radius 3 is 2.53 bits per heavy atom. The van der Waals surface area contributed by atoms with Gasteiger partial charge < -0.3 is 14.5 Å². The molecule has 0 saturated heterocycles. The summed E-state index contributed by atoms with van der Waals surface area (Å²) in [4.78, 5) is 3.14. The van der Waals surface area contributed by atoms with Crippen LogP contribution in [0.15, 0.2) is 30.6 Å². The Morgan fingerprint density at radius 1 is 1.06 bits per heavy atom. The van der Waals surface area contributed by atoms with Crippen molar-refractivity contribution in [3.8, 4) is 22.6 Å². The summed E-state index contributed by atoms with van der Waals surface area (Å²) in [7, 11) is 3.33. The first kappa shape index (κ1) is 11.6. The second-order valence-corrected chi connectivity index (χ2v) is 3.81. The molecule has 0 amide bonds. The number of rotatable bonds is 4. The molecule has 17 heavy (non-hydrogen) atoms. The topological polar surface area (TPSA) is 34.2 Å². The number of aromatic nitrogens is 1. The molecule has 90 valence electrons. The smallest absolute Gasteiger partial charge is 0.130 e. The van der Waals surface area contributed by atoms with Crippen molar-refractivity contribution < 1.29 is 9.47 Å². The summed E-state index contributed by atoms with van der Waals surface area (Å²) in [6.45, 7) is 2.14. The summed E-state index contributed by atoms with van der Waals surface area (Å²) in [5.74, 6) is 1.64. The summed E-state index contributed by atoms with van der Waals surface area (Å²) in [6, 6.07) is 5.88. The fraction of sp³-hybridized carbons (Fsp3) is 0.286. The average molecular weight is 231 g/mol. The van der Waals surface area contributed by atoms with Gasteiger partial charge in [0.05, 0.1) is 14.2 Å². The molecule has 0 aliphatic carbocycles. The molecule has 0 aliphatic rings. The lowest BCUT2D eigenvalue weighted by atomic mass is 10.0. The van der Waals surface area contributed by atoms with E-state index in [-0.39, 0.29) is 0 Å². The van der Waals surface area contributed by atoms with Crippen molar-refractivity contribution >= 4 is 0 Å². The minimum Gasteiger partial charge on any atom is -0.497 e. The van der Waals surface area contributed by atoms with Gasteiger partial charge in [0.1, 0.15) is 11.5 Å². The second kappa shape index (κ2) is 4.95. The Balaban J connectivity index is 2.51. The van der Waals surface area contributed by atoms with Gasteiger partial charge in [-0.2, -0.15) is 0 Å². The van der Waals surface area contributed by atoms with Crippen molar-refractivity contribution in [1.82, 2.24) is 4.98 Å². The molecule has 3 nitrogen and oxygen atoms in total. The maximum atomic E-state index is 5.42. The number of H-pyrrole nitrogens is 1. The van der Waals surface area contributed by atoms with Crippen molar-refractivity contribution in [3.05, 3.63) is 36.2 Å². The molecule has 2 aromatic rings. The van der Waals surface area contributed by atoms with Crippen LogP contribution in [0.5, 0.6) is 11.5 Å². The molecule has 1 aromatic carbocycles. The van der Waals surface area contributed by atoms with Crippen LogP contribution in [0.1, 0.15) is 12.5 Å². The molecule has 0 unspecified atom stereocenters. The van der Waals surface area contributed by atoms with Crippen LogP contribution >= 0.6 is 0 Å². The molecule has 1 aromatic heterocycles. The van der Waals surface area contributed by atoms with Gasteiger partial charge in [-0.25, -0.2) is 0 Å². The monoisotopic (exact) mass is 231 g/mol. The summed E-state index contributed by atoms with van der Waals surface area (Å²) in [5.41, 5.74) is 3.56. The highest BCUT2D eigenvalue weighted by atomic mass is 16.5. The molecule has 1 N–H and O–H groups in total. The van der Waals surface area contributed by atoms with Gasteiger partial charge >= 0.3 is 0 Å². The lowest BCUT2D eigenvalue weighted by molar-refractivity contribution is 0.395. The van der Waals surface area contributed by atoms with E-state index in [1.807, 2.05) is 30.6 Å². The van der Waals surface area contributed by atoms with Crippen molar-refractivity contribution in [1.29, 1.82) is 0 Å². The Bertz CT molecular complexity index is 503. The van der Waals surface area contributed by atoms with Gasteiger partial charge in [0.2, 0.25) is 0 Å². The molecule has 0 radical (unpaired) electrons. The van der Waals surface area contributed by atoms with E-state index in [1.165, 1.54) is 11.1 Å². The number of benzene rings is 1. The first-order chi connectivity index (χ1) is 8.30. The van der Waals surface area contributed by atoms with Crippen LogP contribution in [0.3, 0.4) is 0 Å². The van der Waals surface area contributed by atoms with E-state index >= 15 is 0 Å². The summed E-state index contributed by atoms with van der Waals surface area (Å²) < 4.78 is 10.6. The maximum absolute atomic E-state index is 5.42. The molecular formula is C14H17NO2. The maximum Gasteiger partial charge on any atom is 0.130 e. The predicted molar refractivity (Wildman–Crippen MR) is 68.7 cm³/mol. The molecule has 1 heterocycles. The highest BCUT2D eigenvalue weighted by Crippen LogP contribution is 2.35. The van der Waals surface area contributed by atoms with Gasteiger partial charge in [-0.3, -0.25) is 0 Å². The molecule has 2 rings (SSSR count). The van der Waals surface area contributed by atoms with Gasteiger partial charge in [-0.05, 0) is 24.1 Å². The number of nitrogens with one attached hydrogen (secondary N) is 1. The van der Waals surface area contributed by atoms with Crippen LogP contribution in [0.2, 0.25) is 0 Å². The van der Waals surface area contributed by atoms with Gasteiger partial charge in [-0.15, -0.1) is 0 Å². The van der Waals surface area contributed by atoms with Gasteiger partial charge in [0.25, 0.3) is 0 Å². The zero-order valence-electron chi connectivity index (χ0n) is 10.4. The number of aromatic amines is 1. The van der Waals surface area contributed by atoms with Crippen LogP contribution in [0.4, 0.5) is 0 Å². The van der Waals surface area contributed by atoms with Crippen molar-refractivity contribution in [2.75, 3.05) is 14.2 Å². The minimum atomic E-state index is 0.805. The quantitative estimate of drug-likeness (QED) is 0.876. The molecular weight excluding hydrogens is 214 g/mol. The van der Waals surface area contributed by atoms with E-state index in [2.05, 4.69) is 11.9 Å². The van der Waals surface area contributed by atoms with Crippen LogP contribution < -0.4 is 9.47 Å². The van der Waals surface area contributed by atoms with E-state index in [1.54, 1.807) is 14.2 Å². The summed E-state index contributed by atoms with van der Waals surface area (Å²) in [6.07, 6.45) is 5.02. The summed E-state index contributed by atoms with van der Waals surface area (Å²) >= 11 is 0. The number of methoxy groups -OCH3 is 2. The molecule has 0 fully saturated rings. The normalized spacial score (nSPS) is 10.3. The zero-order chi connectivity index (χ0) is 12.3. The molecule has 0 spiro atoms. The van der Waals surface area contributed by atoms with E-state index in [4.69, 9.17) is 9.47 Å². The number of aryl methyl sites for hydroxylation is 1. The number of hydrogen-bond acceptors (Lipinski definition) is 2. The third-order valence-corrected chi connectivity index (χ3v) is 2.91. The largest absolute Gasteiger partial charge is 0.497 e. The second-order valence-electron chi connectivity index (χ2n) is 3.81.